The van der Waals surface area contributed by atoms with Gasteiger partial charge in [-0.15, -0.1) is 0 Å². The number of hydrogen-bond acceptors (Lipinski definition) is 4. The third-order valence-electron chi connectivity index (χ3n) is 2.54. The number of aliphatic hydroxyl groups is 2. The van der Waals surface area contributed by atoms with Crippen LogP contribution in [0.5, 0.6) is 0 Å². The Kier molecular flexibility index (Phi) is 4.74. The fraction of sp³-hybridized carbons (Fsp3) is 0.417. The summed E-state index contributed by atoms with van der Waals surface area (Å²) in [7, 11) is 0. The van der Waals surface area contributed by atoms with Crippen LogP contribution in [0, 0.1) is 5.82 Å². The molecule has 0 saturated heterocycles. The second-order valence-electron chi connectivity index (χ2n) is 3.88. The highest BCUT2D eigenvalue weighted by Crippen LogP contribution is 2.24. The van der Waals surface area contributed by atoms with Crippen LogP contribution in [0.15, 0.2) is 18.2 Å². The van der Waals surface area contributed by atoms with Crippen LogP contribution < -0.4 is 5.73 Å². The minimum Gasteiger partial charge on any atom is -0.390 e. The Hall–Kier alpha value is -1.30. The summed E-state index contributed by atoms with van der Waals surface area (Å²) in [5.41, 5.74) is 5.56. The first kappa shape index (κ1) is 13.8. The number of hydrogen-bond donors (Lipinski definition) is 3. The summed E-state index contributed by atoms with van der Waals surface area (Å²) < 4.78 is 13.1. The molecule has 94 valence electrons. The molecule has 0 aliphatic carbocycles. The maximum Gasteiger partial charge on any atom is 0.160 e. The van der Waals surface area contributed by atoms with Crippen LogP contribution in [-0.4, -0.2) is 28.6 Å². The average Bonchev–Trinajstić information content (AvgIpc) is 2.27. The average molecular weight is 241 g/mol. The van der Waals surface area contributed by atoms with Gasteiger partial charge in [0.2, 0.25) is 0 Å². The maximum absolute atomic E-state index is 13.1. The van der Waals surface area contributed by atoms with Gasteiger partial charge in [-0.25, -0.2) is 4.39 Å². The van der Waals surface area contributed by atoms with Crippen molar-refractivity contribution in [1.82, 2.24) is 0 Å². The summed E-state index contributed by atoms with van der Waals surface area (Å²) in [5, 5.41) is 19.5. The Labute approximate surface area is 98.9 Å². The molecule has 0 fully saturated rings. The number of nitrogens with two attached hydrogens (primary N) is 1. The van der Waals surface area contributed by atoms with Crippen molar-refractivity contribution in [3.05, 3.63) is 35.1 Å². The van der Waals surface area contributed by atoms with Gasteiger partial charge in [0.1, 0.15) is 11.9 Å². The van der Waals surface area contributed by atoms with Crippen molar-refractivity contribution in [3.8, 4) is 0 Å². The summed E-state index contributed by atoms with van der Waals surface area (Å²) in [6.45, 7) is 1.52. The van der Waals surface area contributed by atoms with E-state index in [0.717, 1.165) is 12.1 Å². The van der Waals surface area contributed by atoms with Crippen LogP contribution in [0.1, 0.15) is 35.4 Å². The zero-order valence-electron chi connectivity index (χ0n) is 9.56. The molecular formula is C12H16FNO3. The van der Waals surface area contributed by atoms with E-state index in [9.17, 15) is 19.4 Å². The molecule has 0 aromatic heterocycles. The topological polar surface area (TPSA) is 83.5 Å². The summed E-state index contributed by atoms with van der Waals surface area (Å²) in [6, 6.07) is 3.49. The highest BCUT2D eigenvalue weighted by atomic mass is 19.1. The lowest BCUT2D eigenvalue weighted by molar-refractivity contribution is 0.0144. The quantitative estimate of drug-likeness (QED) is 0.665. The lowest BCUT2D eigenvalue weighted by atomic mass is 9.95. The van der Waals surface area contributed by atoms with Gasteiger partial charge in [0.25, 0.3) is 0 Å². The fourth-order valence-electron chi connectivity index (χ4n) is 1.63. The molecule has 4 nitrogen and oxygen atoms in total. The molecule has 4 N–H and O–H groups in total. The van der Waals surface area contributed by atoms with Crippen molar-refractivity contribution < 1.29 is 19.4 Å². The Morgan fingerprint density at radius 3 is 2.65 bits per heavy atom. The van der Waals surface area contributed by atoms with Crippen molar-refractivity contribution in [2.24, 2.45) is 5.73 Å². The smallest absolute Gasteiger partial charge is 0.160 e. The molecule has 1 aromatic rings. The van der Waals surface area contributed by atoms with Gasteiger partial charge in [0, 0.05) is 5.56 Å². The van der Waals surface area contributed by atoms with Gasteiger partial charge < -0.3 is 15.9 Å². The highest BCUT2D eigenvalue weighted by Gasteiger charge is 2.22. The third-order valence-corrected chi connectivity index (χ3v) is 2.54. The fourth-order valence-corrected chi connectivity index (χ4v) is 1.63. The van der Waals surface area contributed by atoms with E-state index in [-0.39, 0.29) is 29.9 Å². The van der Waals surface area contributed by atoms with Gasteiger partial charge in [-0.1, -0.05) is 0 Å². The maximum atomic E-state index is 13.1. The molecule has 0 spiro atoms. The van der Waals surface area contributed by atoms with Gasteiger partial charge >= 0.3 is 0 Å². The lowest BCUT2D eigenvalue weighted by Gasteiger charge is -2.19. The zero-order valence-corrected chi connectivity index (χ0v) is 9.56. The monoisotopic (exact) mass is 241 g/mol. The first-order chi connectivity index (χ1) is 7.97. The number of aliphatic hydroxyl groups excluding tert-OH is 2. The molecule has 0 amide bonds. The Balaban J connectivity index is 3.10. The second-order valence-corrected chi connectivity index (χ2v) is 3.88. The number of Topliss-reactive ketones (excluding diaryl/α,β-unsaturated/α-hetero) is 1. The van der Waals surface area contributed by atoms with Crippen molar-refractivity contribution in [3.63, 3.8) is 0 Å². The number of halogens is 1. The molecule has 1 rings (SSSR count). The van der Waals surface area contributed by atoms with E-state index in [2.05, 4.69) is 0 Å². The van der Waals surface area contributed by atoms with Gasteiger partial charge in [0.05, 0.1) is 6.10 Å². The van der Waals surface area contributed by atoms with Crippen LogP contribution in [0.2, 0.25) is 0 Å². The molecule has 1 aromatic carbocycles. The van der Waals surface area contributed by atoms with E-state index in [0.29, 0.717) is 0 Å². The normalized spacial score (nSPS) is 14.4. The zero-order chi connectivity index (χ0) is 13.0. The van der Waals surface area contributed by atoms with Crippen molar-refractivity contribution in [1.29, 1.82) is 0 Å². The third kappa shape index (κ3) is 3.33. The molecule has 0 aliphatic rings. The Morgan fingerprint density at radius 1 is 1.47 bits per heavy atom. The van der Waals surface area contributed by atoms with Crippen molar-refractivity contribution >= 4 is 5.78 Å². The summed E-state index contributed by atoms with van der Waals surface area (Å²) in [5.74, 6) is -0.858. The standard InChI is InChI=1S/C12H16FNO3/c1-7(15)9-3-2-8(13)6-10(9)12(17)11(16)4-5-14/h2-3,6,11-12,16-17H,4-5,14H2,1H3. The minimum absolute atomic E-state index is 0.0958. The van der Waals surface area contributed by atoms with Crippen molar-refractivity contribution in [2.45, 2.75) is 25.6 Å². The van der Waals surface area contributed by atoms with E-state index >= 15 is 0 Å². The first-order valence-corrected chi connectivity index (χ1v) is 5.34. The Bertz CT molecular complexity index is 409. The van der Waals surface area contributed by atoms with E-state index in [1.54, 1.807) is 0 Å². The summed E-state index contributed by atoms with van der Waals surface area (Å²) in [4.78, 5) is 11.3. The number of ketones is 1. The van der Waals surface area contributed by atoms with Crippen molar-refractivity contribution in [2.75, 3.05) is 6.54 Å². The van der Waals surface area contributed by atoms with Crippen LogP contribution in [0.25, 0.3) is 0 Å². The molecule has 0 bridgehead atoms. The van der Waals surface area contributed by atoms with Gasteiger partial charge in [-0.05, 0) is 43.7 Å². The van der Waals surface area contributed by atoms with E-state index in [4.69, 9.17) is 5.73 Å². The molecule has 17 heavy (non-hydrogen) atoms. The van der Waals surface area contributed by atoms with E-state index in [1.807, 2.05) is 0 Å². The largest absolute Gasteiger partial charge is 0.390 e. The molecule has 0 saturated carbocycles. The highest BCUT2D eigenvalue weighted by molar-refractivity contribution is 5.95. The minimum atomic E-state index is -1.31. The van der Waals surface area contributed by atoms with Gasteiger partial charge in [-0.3, -0.25) is 4.79 Å². The van der Waals surface area contributed by atoms with E-state index in [1.165, 1.54) is 13.0 Å². The molecule has 0 aliphatic heterocycles. The lowest BCUT2D eigenvalue weighted by Crippen LogP contribution is -2.23. The molecule has 2 unspecified atom stereocenters. The van der Waals surface area contributed by atoms with Crippen LogP contribution in [0.3, 0.4) is 0 Å². The predicted octanol–water partition coefficient (Wildman–Crippen LogP) is 0.771. The SMILES string of the molecule is CC(=O)c1ccc(F)cc1C(O)C(O)CCN. The number of carbonyl (C=O) groups is 1. The van der Waals surface area contributed by atoms with Crippen LogP contribution in [-0.2, 0) is 0 Å². The number of carbonyl (C=O) groups excluding carboxylic acids is 1. The first-order valence-electron chi connectivity index (χ1n) is 5.34. The molecule has 2 atom stereocenters. The Morgan fingerprint density at radius 2 is 2.12 bits per heavy atom. The molecule has 0 heterocycles. The van der Waals surface area contributed by atoms with Gasteiger partial charge in [-0.2, -0.15) is 0 Å². The van der Waals surface area contributed by atoms with Crippen LogP contribution >= 0.6 is 0 Å². The molecule has 0 radical (unpaired) electrons. The second kappa shape index (κ2) is 5.86. The van der Waals surface area contributed by atoms with Crippen LogP contribution in [0.4, 0.5) is 4.39 Å². The summed E-state index contributed by atoms with van der Waals surface area (Å²) in [6.07, 6.45) is -2.25. The van der Waals surface area contributed by atoms with E-state index < -0.39 is 18.0 Å². The number of rotatable bonds is 5. The summed E-state index contributed by atoms with van der Waals surface area (Å²) >= 11 is 0. The molecule has 5 heteroatoms. The predicted molar refractivity (Wildman–Crippen MR) is 61.0 cm³/mol. The molecular weight excluding hydrogens is 225 g/mol. The number of benzene rings is 1. The van der Waals surface area contributed by atoms with Gasteiger partial charge in [0.15, 0.2) is 5.78 Å².